The largest absolute Gasteiger partial charge is 0.353 e. The van der Waals surface area contributed by atoms with Gasteiger partial charge in [0, 0.05) is 42.3 Å². The monoisotopic (exact) mass is 478 g/mol. The van der Waals surface area contributed by atoms with Gasteiger partial charge in [0.15, 0.2) is 0 Å². The first-order chi connectivity index (χ1) is 14.8. The number of benzene rings is 2. The van der Waals surface area contributed by atoms with Crippen LogP contribution in [0, 0.1) is 18.6 Å². The molecule has 0 aliphatic rings. The normalized spacial score (nSPS) is 11.4. The first-order valence-corrected chi connectivity index (χ1v) is 10.9. The molecule has 0 radical (unpaired) electrons. The van der Waals surface area contributed by atoms with Crippen LogP contribution in [-0.4, -0.2) is 24.4 Å². The zero-order chi connectivity index (χ0) is 22.2. The Hall–Kier alpha value is -3.01. The molecule has 2 aromatic carbocycles. The number of nitrogens with one attached hydrogen (secondary N) is 2. The third-order valence-corrected chi connectivity index (χ3v) is 6.60. The number of rotatable bonds is 6. The Bertz CT molecular complexity index is 1380. The van der Waals surface area contributed by atoms with Gasteiger partial charge in [0.05, 0.1) is 11.2 Å². The molecule has 0 amide bonds. The van der Waals surface area contributed by atoms with E-state index in [4.69, 9.17) is 0 Å². The third-order valence-electron chi connectivity index (χ3n) is 4.94. The molecule has 0 aliphatic carbocycles. The summed E-state index contributed by atoms with van der Waals surface area (Å²) in [5.41, 5.74) is 1.78. The summed E-state index contributed by atoms with van der Waals surface area (Å²) in [5.74, 6) is -1.14. The van der Waals surface area contributed by atoms with E-state index in [1.54, 1.807) is 37.5 Å². The van der Waals surface area contributed by atoms with Crippen LogP contribution in [0.2, 0.25) is 0 Å². The summed E-state index contributed by atoms with van der Waals surface area (Å²) in [4.78, 5) is 3.95. The summed E-state index contributed by atoms with van der Waals surface area (Å²) < 4.78 is 55.9. The minimum Gasteiger partial charge on any atom is -0.353 e. The van der Waals surface area contributed by atoms with Crippen molar-refractivity contribution in [3.63, 3.8) is 0 Å². The molecule has 0 spiro atoms. The molecule has 2 heterocycles. The third kappa shape index (κ3) is 4.32. The molecule has 0 fully saturated rings. The second-order valence-corrected chi connectivity index (χ2v) is 8.93. The van der Waals surface area contributed by atoms with E-state index in [1.165, 1.54) is 29.4 Å². The molecule has 4 rings (SSSR count). The Balaban J connectivity index is 0.00000289. The van der Waals surface area contributed by atoms with Crippen LogP contribution in [0.5, 0.6) is 0 Å². The lowest BCUT2D eigenvalue weighted by Gasteiger charge is -2.11. The lowest BCUT2D eigenvalue weighted by Crippen LogP contribution is -2.12. The van der Waals surface area contributed by atoms with E-state index in [1.807, 2.05) is 0 Å². The Morgan fingerprint density at radius 3 is 2.56 bits per heavy atom. The maximum absolute atomic E-state index is 14.3. The summed E-state index contributed by atoms with van der Waals surface area (Å²) in [7, 11) is -2.14. The number of hydrogen-bond acceptors (Lipinski definition) is 5. The smallest absolute Gasteiger partial charge is 0.269 e. The molecule has 168 valence electrons. The van der Waals surface area contributed by atoms with Crippen LogP contribution in [0.25, 0.3) is 10.9 Å². The molecule has 0 bridgehead atoms. The van der Waals surface area contributed by atoms with Gasteiger partial charge in [-0.15, -0.1) is 12.4 Å². The SMILES string of the molecule is CNCc1cn(S(=O)(=O)c2cccnc2)c2cc(Nc3cc(F)c(C)cc3F)ccc12.Cl. The molecule has 0 unspecified atom stereocenters. The number of aryl methyl sites for hydroxylation is 1. The summed E-state index contributed by atoms with van der Waals surface area (Å²) in [6.07, 6.45) is 4.33. The lowest BCUT2D eigenvalue weighted by atomic mass is 10.1. The molecule has 10 heteroatoms. The van der Waals surface area contributed by atoms with E-state index >= 15 is 0 Å². The van der Waals surface area contributed by atoms with Gasteiger partial charge in [-0.2, -0.15) is 0 Å². The molecular formula is C22H21ClF2N4O2S. The molecule has 32 heavy (non-hydrogen) atoms. The van der Waals surface area contributed by atoms with Crippen LogP contribution in [0.4, 0.5) is 20.2 Å². The van der Waals surface area contributed by atoms with Crippen molar-refractivity contribution < 1.29 is 17.2 Å². The van der Waals surface area contributed by atoms with Crippen molar-refractivity contribution in [3.05, 3.63) is 83.8 Å². The molecule has 0 aliphatic heterocycles. The lowest BCUT2D eigenvalue weighted by molar-refractivity contribution is 0.588. The molecular weight excluding hydrogens is 458 g/mol. The molecule has 2 aromatic heterocycles. The first kappa shape index (κ1) is 23.6. The van der Waals surface area contributed by atoms with Crippen LogP contribution in [-0.2, 0) is 16.6 Å². The van der Waals surface area contributed by atoms with Crippen molar-refractivity contribution in [1.29, 1.82) is 0 Å². The molecule has 2 N–H and O–H groups in total. The van der Waals surface area contributed by atoms with Crippen LogP contribution in [0.1, 0.15) is 11.1 Å². The van der Waals surface area contributed by atoms with E-state index in [2.05, 4.69) is 15.6 Å². The van der Waals surface area contributed by atoms with Crippen molar-refractivity contribution in [3.8, 4) is 0 Å². The summed E-state index contributed by atoms with van der Waals surface area (Å²) in [6, 6.07) is 10.2. The van der Waals surface area contributed by atoms with Crippen LogP contribution < -0.4 is 10.6 Å². The van der Waals surface area contributed by atoms with Gasteiger partial charge in [0.25, 0.3) is 10.0 Å². The standard InChI is InChI=1S/C22H20F2N4O2S.ClH/c1-14-8-20(24)21(10-19(14)23)27-16-5-6-18-15(11-25-2)13-28(22(18)9-16)31(29,30)17-4-3-7-26-12-17;/h3-10,12-13,25,27H,11H2,1-2H3;1H. The fourth-order valence-corrected chi connectivity index (χ4v) is 4.73. The fourth-order valence-electron chi connectivity index (χ4n) is 3.38. The van der Waals surface area contributed by atoms with Crippen molar-refractivity contribution in [2.24, 2.45) is 0 Å². The van der Waals surface area contributed by atoms with Crippen molar-refractivity contribution in [1.82, 2.24) is 14.3 Å². The zero-order valence-electron chi connectivity index (χ0n) is 17.3. The number of hydrogen-bond donors (Lipinski definition) is 2. The van der Waals surface area contributed by atoms with E-state index in [9.17, 15) is 17.2 Å². The number of aromatic nitrogens is 2. The average molecular weight is 479 g/mol. The summed E-state index contributed by atoms with van der Waals surface area (Å²) in [5, 5.41) is 6.59. The first-order valence-electron chi connectivity index (χ1n) is 9.48. The molecule has 0 atom stereocenters. The van der Waals surface area contributed by atoms with E-state index < -0.39 is 21.7 Å². The quantitative estimate of drug-likeness (QED) is 0.418. The number of anilines is 2. The maximum Gasteiger partial charge on any atom is 0.269 e. The molecule has 0 saturated carbocycles. The molecule has 4 aromatic rings. The van der Waals surface area contributed by atoms with Gasteiger partial charge in [-0.3, -0.25) is 4.98 Å². The molecule has 0 saturated heterocycles. The topological polar surface area (TPSA) is 76.0 Å². The number of nitrogens with zero attached hydrogens (tertiary/aromatic N) is 2. The number of pyridine rings is 1. The highest BCUT2D eigenvalue weighted by atomic mass is 35.5. The Kier molecular flexibility index (Phi) is 6.82. The van der Waals surface area contributed by atoms with Gasteiger partial charge >= 0.3 is 0 Å². The van der Waals surface area contributed by atoms with E-state index in [0.717, 1.165) is 23.1 Å². The minimum atomic E-state index is -3.91. The highest BCUT2D eigenvalue weighted by Gasteiger charge is 2.22. The average Bonchev–Trinajstić information content (AvgIpc) is 3.11. The second-order valence-electron chi connectivity index (χ2n) is 7.11. The van der Waals surface area contributed by atoms with Gasteiger partial charge in [-0.25, -0.2) is 21.2 Å². The Labute approximate surface area is 190 Å². The van der Waals surface area contributed by atoms with Gasteiger partial charge in [-0.1, -0.05) is 6.07 Å². The Morgan fingerprint density at radius 1 is 1.09 bits per heavy atom. The van der Waals surface area contributed by atoms with Gasteiger partial charge in [-0.05, 0) is 55.4 Å². The van der Waals surface area contributed by atoms with Gasteiger partial charge < -0.3 is 10.6 Å². The van der Waals surface area contributed by atoms with Gasteiger partial charge in [0.2, 0.25) is 0 Å². The number of fused-ring (bicyclic) bond motifs is 1. The van der Waals surface area contributed by atoms with Crippen LogP contribution >= 0.6 is 12.4 Å². The zero-order valence-corrected chi connectivity index (χ0v) is 18.9. The molecule has 6 nitrogen and oxygen atoms in total. The summed E-state index contributed by atoms with van der Waals surface area (Å²) >= 11 is 0. The summed E-state index contributed by atoms with van der Waals surface area (Å²) in [6.45, 7) is 1.93. The number of halogens is 3. The predicted octanol–water partition coefficient (Wildman–Crippen LogP) is 4.74. The van der Waals surface area contributed by atoms with Crippen LogP contribution in [0.3, 0.4) is 0 Å². The van der Waals surface area contributed by atoms with E-state index in [-0.39, 0.29) is 28.6 Å². The van der Waals surface area contributed by atoms with Crippen molar-refractivity contribution >= 4 is 44.7 Å². The van der Waals surface area contributed by atoms with Crippen LogP contribution in [0.15, 0.2) is 66.0 Å². The van der Waals surface area contributed by atoms with Crippen molar-refractivity contribution in [2.45, 2.75) is 18.4 Å². The fraction of sp³-hybridized carbons (Fsp3) is 0.136. The highest BCUT2D eigenvalue weighted by Crippen LogP contribution is 2.30. The minimum absolute atomic E-state index is 0. The maximum atomic E-state index is 14.3. The van der Waals surface area contributed by atoms with Gasteiger partial charge in [0.1, 0.15) is 16.5 Å². The predicted molar refractivity (Wildman–Crippen MR) is 123 cm³/mol. The van der Waals surface area contributed by atoms with Crippen molar-refractivity contribution in [2.75, 3.05) is 12.4 Å². The highest BCUT2D eigenvalue weighted by molar-refractivity contribution is 7.90. The second kappa shape index (κ2) is 9.23. The Morgan fingerprint density at radius 2 is 1.88 bits per heavy atom. The van der Waals surface area contributed by atoms with E-state index in [0.29, 0.717) is 17.7 Å².